The summed E-state index contributed by atoms with van der Waals surface area (Å²) < 4.78 is 0. The number of aryl methyl sites for hydroxylation is 1. The lowest BCUT2D eigenvalue weighted by Crippen LogP contribution is -1.94. The van der Waals surface area contributed by atoms with Crippen molar-refractivity contribution in [3.8, 4) is 0 Å². The summed E-state index contributed by atoms with van der Waals surface area (Å²) in [6.45, 7) is 2.14. The highest BCUT2D eigenvalue weighted by molar-refractivity contribution is 7.18. The minimum atomic E-state index is 0.738. The average molecular weight is 321 g/mol. The second-order valence-electron chi connectivity index (χ2n) is 5.17. The first kappa shape index (κ1) is 13.9. The van der Waals surface area contributed by atoms with Crippen LogP contribution in [-0.4, -0.2) is 21.2 Å². The first-order chi connectivity index (χ1) is 11.3. The number of hydrogen-bond acceptors (Lipinski definition) is 5. The first-order valence-corrected chi connectivity index (χ1v) is 8.25. The van der Waals surface area contributed by atoms with Gasteiger partial charge in [0.15, 0.2) is 5.82 Å². The number of thiophene rings is 1. The third-order valence-electron chi connectivity index (χ3n) is 3.72. The molecule has 0 saturated carbocycles. The molecule has 0 bridgehead atoms. The number of nitrogens with zero attached hydrogens (tertiary/aromatic N) is 3. The maximum absolute atomic E-state index is 4.34. The van der Waals surface area contributed by atoms with Gasteiger partial charge in [-0.1, -0.05) is 25.1 Å². The van der Waals surface area contributed by atoms with E-state index >= 15 is 0 Å². The highest BCUT2D eigenvalue weighted by atomic mass is 32.1. The van der Waals surface area contributed by atoms with Gasteiger partial charge in [-0.2, -0.15) is 5.10 Å². The molecule has 0 aliphatic rings. The highest BCUT2D eigenvalue weighted by Gasteiger charge is 2.07. The van der Waals surface area contributed by atoms with Crippen molar-refractivity contribution in [2.75, 3.05) is 5.43 Å². The summed E-state index contributed by atoms with van der Waals surface area (Å²) in [7, 11) is 0. The van der Waals surface area contributed by atoms with E-state index in [4.69, 9.17) is 0 Å². The largest absolute Gasteiger partial charge is 0.361 e. The summed E-state index contributed by atoms with van der Waals surface area (Å²) in [5.74, 6) is 0.738. The second-order valence-corrected chi connectivity index (χ2v) is 6.28. The standard InChI is InChI=1S/C17H15N5S/c1-2-12-7-14-16(19-10-20-17(14)23-12)22-21-9-11-8-18-15-6-4-3-5-13(11)15/h3-10,18H,2H2,1H3,(H,19,20,22)/b21-9+. The van der Waals surface area contributed by atoms with Gasteiger partial charge in [0.2, 0.25) is 0 Å². The number of nitrogens with one attached hydrogen (secondary N) is 2. The Morgan fingerprint density at radius 3 is 3.09 bits per heavy atom. The van der Waals surface area contributed by atoms with Crippen molar-refractivity contribution in [2.24, 2.45) is 5.10 Å². The van der Waals surface area contributed by atoms with E-state index in [1.165, 1.54) is 4.88 Å². The Kier molecular flexibility index (Phi) is 3.51. The third-order valence-corrected chi connectivity index (χ3v) is 4.91. The molecule has 4 aromatic rings. The molecular weight excluding hydrogens is 306 g/mol. The zero-order chi connectivity index (χ0) is 15.6. The van der Waals surface area contributed by atoms with Gasteiger partial charge < -0.3 is 4.98 Å². The summed E-state index contributed by atoms with van der Waals surface area (Å²) in [5.41, 5.74) is 5.18. The van der Waals surface area contributed by atoms with Crippen molar-refractivity contribution < 1.29 is 0 Å². The van der Waals surface area contributed by atoms with Crippen molar-refractivity contribution in [1.82, 2.24) is 15.0 Å². The number of benzene rings is 1. The van der Waals surface area contributed by atoms with Gasteiger partial charge in [0.05, 0.1) is 11.6 Å². The van der Waals surface area contributed by atoms with Crippen molar-refractivity contribution in [2.45, 2.75) is 13.3 Å². The monoisotopic (exact) mass is 321 g/mol. The molecule has 6 heteroatoms. The number of anilines is 1. The van der Waals surface area contributed by atoms with Crippen LogP contribution in [0.25, 0.3) is 21.1 Å². The minimum absolute atomic E-state index is 0.738. The summed E-state index contributed by atoms with van der Waals surface area (Å²) in [4.78, 5) is 14.1. The van der Waals surface area contributed by atoms with Crippen LogP contribution in [0.3, 0.4) is 0 Å². The molecule has 4 rings (SSSR count). The van der Waals surface area contributed by atoms with Crippen molar-refractivity contribution >= 4 is 44.5 Å². The molecule has 2 N–H and O–H groups in total. The molecule has 3 heterocycles. The van der Waals surface area contributed by atoms with Crippen LogP contribution in [0, 0.1) is 0 Å². The summed E-state index contributed by atoms with van der Waals surface area (Å²) in [5, 5.41) is 6.51. The Morgan fingerprint density at radius 1 is 1.26 bits per heavy atom. The average Bonchev–Trinajstić information content (AvgIpc) is 3.19. The van der Waals surface area contributed by atoms with Crippen LogP contribution in [0.5, 0.6) is 0 Å². The van der Waals surface area contributed by atoms with Crippen LogP contribution in [0.4, 0.5) is 5.82 Å². The molecule has 0 aliphatic carbocycles. The third kappa shape index (κ3) is 2.57. The fraction of sp³-hybridized carbons (Fsp3) is 0.118. The maximum Gasteiger partial charge on any atom is 0.158 e. The van der Waals surface area contributed by atoms with E-state index in [0.717, 1.165) is 38.9 Å². The summed E-state index contributed by atoms with van der Waals surface area (Å²) >= 11 is 1.70. The molecule has 0 amide bonds. The molecule has 0 fully saturated rings. The molecule has 0 unspecified atom stereocenters. The first-order valence-electron chi connectivity index (χ1n) is 7.44. The molecule has 0 atom stereocenters. The Morgan fingerprint density at radius 2 is 2.17 bits per heavy atom. The molecule has 5 nitrogen and oxygen atoms in total. The number of hydrazone groups is 1. The van der Waals surface area contributed by atoms with Crippen LogP contribution in [0.2, 0.25) is 0 Å². The van der Waals surface area contributed by atoms with Gasteiger partial charge in [-0.3, -0.25) is 5.43 Å². The maximum atomic E-state index is 4.34. The van der Waals surface area contributed by atoms with Gasteiger partial charge in [-0.15, -0.1) is 11.3 Å². The van der Waals surface area contributed by atoms with Gasteiger partial charge >= 0.3 is 0 Å². The minimum Gasteiger partial charge on any atom is -0.361 e. The molecule has 3 aromatic heterocycles. The number of fused-ring (bicyclic) bond motifs is 2. The summed E-state index contributed by atoms with van der Waals surface area (Å²) in [6, 6.07) is 10.3. The number of aromatic nitrogens is 3. The fourth-order valence-electron chi connectivity index (χ4n) is 2.53. The van der Waals surface area contributed by atoms with Crippen molar-refractivity contribution in [3.05, 3.63) is 53.3 Å². The normalized spacial score (nSPS) is 11.7. The van der Waals surface area contributed by atoms with E-state index in [2.05, 4.69) is 44.5 Å². The highest BCUT2D eigenvalue weighted by Crippen LogP contribution is 2.28. The zero-order valence-electron chi connectivity index (χ0n) is 12.6. The molecular formula is C17H15N5S. The summed E-state index contributed by atoms with van der Waals surface area (Å²) in [6.07, 6.45) is 6.33. The SMILES string of the molecule is CCc1cc2c(N/N=C/c3c[nH]c4ccccc34)ncnc2s1. The lowest BCUT2D eigenvalue weighted by atomic mass is 10.2. The number of H-pyrrole nitrogens is 1. The van der Waals surface area contributed by atoms with E-state index in [0.29, 0.717) is 0 Å². The van der Waals surface area contributed by atoms with Crippen LogP contribution >= 0.6 is 11.3 Å². The van der Waals surface area contributed by atoms with E-state index in [9.17, 15) is 0 Å². The predicted molar refractivity (Wildman–Crippen MR) is 96.3 cm³/mol. The smallest absolute Gasteiger partial charge is 0.158 e. The Bertz CT molecular complexity index is 998. The molecule has 0 spiro atoms. The lowest BCUT2D eigenvalue weighted by Gasteiger charge is -1.99. The van der Waals surface area contributed by atoms with Crippen molar-refractivity contribution in [3.63, 3.8) is 0 Å². The Balaban J connectivity index is 1.62. The predicted octanol–water partition coefficient (Wildman–Crippen LogP) is 4.18. The van der Waals surface area contributed by atoms with Gasteiger partial charge in [0.25, 0.3) is 0 Å². The van der Waals surface area contributed by atoms with Crippen LogP contribution in [0.1, 0.15) is 17.4 Å². The molecule has 0 radical (unpaired) electrons. The number of para-hydroxylation sites is 1. The van der Waals surface area contributed by atoms with E-state index < -0.39 is 0 Å². The van der Waals surface area contributed by atoms with Crippen LogP contribution in [-0.2, 0) is 6.42 Å². The Labute approximate surface area is 137 Å². The molecule has 114 valence electrons. The molecule has 1 aromatic carbocycles. The van der Waals surface area contributed by atoms with E-state index in [-0.39, 0.29) is 0 Å². The Hall–Kier alpha value is -2.73. The van der Waals surface area contributed by atoms with Gasteiger partial charge in [-0.05, 0) is 18.6 Å². The topological polar surface area (TPSA) is 66.0 Å². The van der Waals surface area contributed by atoms with Crippen LogP contribution < -0.4 is 5.43 Å². The number of aromatic amines is 1. The fourth-order valence-corrected chi connectivity index (χ4v) is 3.47. The lowest BCUT2D eigenvalue weighted by molar-refractivity contribution is 1.18. The van der Waals surface area contributed by atoms with Gasteiger partial charge in [-0.25, -0.2) is 9.97 Å². The number of rotatable bonds is 4. The van der Waals surface area contributed by atoms with Gasteiger partial charge in [0.1, 0.15) is 11.2 Å². The number of hydrogen-bond donors (Lipinski definition) is 2. The van der Waals surface area contributed by atoms with E-state index in [1.54, 1.807) is 23.9 Å². The molecule has 23 heavy (non-hydrogen) atoms. The van der Waals surface area contributed by atoms with Crippen LogP contribution in [0.15, 0.2) is 48.0 Å². The molecule has 0 saturated heterocycles. The van der Waals surface area contributed by atoms with E-state index in [1.807, 2.05) is 24.4 Å². The van der Waals surface area contributed by atoms with Gasteiger partial charge in [0, 0.05) is 27.5 Å². The zero-order valence-corrected chi connectivity index (χ0v) is 13.4. The quantitative estimate of drug-likeness (QED) is 0.438. The van der Waals surface area contributed by atoms with Crippen molar-refractivity contribution in [1.29, 1.82) is 0 Å². The molecule has 0 aliphatic heterocycles. The second kappa shape index (κ2) is 5.81.